The maximum atomic E-state index is 6.11. The Hall–Kier alpha value is -2.57. The van der Waals surface area contributed by atoms with E-state index in [2.05, 4.69) is 26.1 Å². The van der Waals surface area contributed by atoms with Gasteiger partial charge in [0.15, 0.2) is 5.72 Å². The summed E-state index contributed by atoms with van der Waals surface area (Å²) in [6, 6.07) is 6.02. The van der Waals surface area contributed by atoms with Crippen molar-refractivity contribution in [1.29, 1.82) is 0 Å². The Balaban J connectivity index is 1.94. The number of pyridine rings is 2. The van der Waals surface area contributed by atoms with E-state index in [4.69, 9.17) is 9.26 Å². The first kappa shape index (κ1) is 15.9. The van der Waals surface area contributed by atoms with Crippen LogP contribution in [0.3, 0.4) is 0 Å². The average Bonchev–Trinajstić information content (AvgIpc) is 3.13. The summed E-state index contributed by atoms with van der Waals surface area (Å²) < 4.78 is 11.5. The molecule has 0 spiro atoms. The second kappa shape index (κ2) is 6.06. The van der Waals surface area contributed by atoms with Gasteiger partial charge in [-0.25, -0.2) is 0 Å². The predicted octanol–water partition coefficient (Wildman–Crippen LogP) is 2.78. The molecule has 0 fully saturated rings. The van der Waals surface area contributed by atoms with Crippen molar-refractivity contribution < 1.29 is 9.26 Å². The van der Waals surface area contributed by atoms with Gasteiger partial charge in [-0.1, -0.05) is 5.16 Å². The molecule has 1 atom stereocenters. The molecule has 1 aliphatic heterocycles. The number of hydrogen-bond acceptors (Lipinski definition) is 6. The van der Waals surface area contributed by atoms with E-state index in [1.807, 2.05) is 44.7 Å². The van der Waals surface area contributed by atoms with E-state index in [0.29, 0.717) is 0 Å². The average molecular weight is 336 g/mol. The molecule has 0 saturated carbocycles. The molecule has 0 amide bonds. The molecule has 1 aliphatic rings. The third-order valence-electron chi connectivity index (χ3n) is 4.95. The third kappa shape index (κ3) is 2.37. The lowest BCUT2D eigenvalue weighted by molar-refractivity contribution is -0.106. The maximum Gasteiger partial charge on any atom is 0.180 e. The number of aromatic nitrogens is 3. The van der Waals surface area contributed by atoms with Crippen LogP contribution >= 0.6 is 0 Å². The number of hydrogen-bond donors (Lipinski definition) is 0. The Kier molecular flexibility index (Phi) is 3.86. The van der Waals surface area contributed by atoms with E-state index < -0.39 is 5.72 Å². The standard InChI is InChI=1S/C19H20N4O2/c1-13-4-5-15(10-21-13)18-17(12-25-22-18)19(24-3)16-11-20-8-6-14(16)7-9-23(19)2/h4-6,8,10-12H,7,9H2,1-3H3. The SMILES string of the molecule is COC1(c2conc2-c2ccc(C)nc2)c2cnccc2CCN1C. The Labute approximate surface area is 146 Å². The van der Waals surface area contributed by atoms with Gasteiger partial charge in [0.25, 0.3) is 0 Å². The molecule has 0 aliphatic carbocycles. The Morgan fingerprint density at radius 2 is 2.08 bits per heavy atom. The molecule has 0 aromatic carbocycles. The normalized spacial score (nSPS) is 20.4. The van der Waals surface area contributed by atoms with Gasteiger partial charge in [0.05, 0.1) is 5.56 Å². The molecule has 6 heteroatoms. The van der Waals surface area contributed by atoms with Gasteiger partial charge in [-0.3, -0.25) is 14.9 Å². The molecular weight excluding hydrogens is 316 g/mol. The summed E-state index contributed by atoms with van der Waals surface area (Å²) in [5.74, 6) is 0. The monoisotopic (exact) mass is 336 g/mol. The summed E-state index contributed by atoms with van der Waals surface area (Å²) in [7, 11) is 3.76. The van der Waals surface area contributed by atoms with E-state index in [9.17, 15) is 0 Å². The molecule has 4 heterocycles. The minimum absolute atomic E-state index is 0.734. The van der Waals surface area contributed by atoms with Crippen molar-refractivity contribution in [2.24, 2.45) is 0 Å². The lowest BCUT2D eigenvalue weighted by Gasteiger charge is -2.44. The van der Waals surface area contributed by atoms with Gasteiger partial charge < -0.3 is 9.26 Å². The molecule has 0 radical (unpaired) electrons. The van der Waals surface area contributed by atoms with Crippen molar-refractivity contribution in [2.45, 2.75) is 19.1 Å². The smallest absolute Gasteiger partial charge is 0.180 e. The van der Waals surface area contributed by atoms with Crippen molar-refractivity contribution in [3.8, 4) is 11.3 Å². The zero-order chi connectivity index (χ0) is 17.4. The number of methoxy groups -OCH3 is 1. The largest absolute Gasteiger partial charge is 0.364 e. The van der Waals surface area contributed by atoms with Gasteiger partial charge in [-0.05, 0) is 44.2 Å². The van der Waals surface area contributed by atoms with Crippen LogP contribution in [-0.4, -0.2) is 40.7 Å². The zero-order valence-corrected chi connectivity index (χ0v) is 14.6. The van der Waals surface area contributed by atoms with Crippen molar-refractivity contribution in [1.82, 2.24) is 20.0 Å². The van der Waals surface area contributed by atoms with E-state index in [1.54, 1.807) is 13.4 Å². The van der Waals surface area contributed by atoms with Gasteiger partial charge in [0.1, 0.15) is 12.0 Å². The predicted molar refractivity (Wildman–Crippen MR) is 92.8 cm³/mol. The topological polar surface area (TPSA) is 64.3 Å². The van der Waals surface area contributed by atoms with Crippen LogP contribution in [0.1, 0.15) is 22.4 Å². The third-order valence-corrected chi connectivity index (χ3v) is 4.95. The van der Waals surface area contributed by atoms with Crippen molar-refractivity contribution >= 4 is 0 Å². The summed E-state index contributed by atoms with van der Waals surface area (Å²) in [5.41, 5.74) is 4.91. The molecule has 6 nitrogen and oxygen atoms in total. The van der Waals surface area contributed by atoms with Crippen LogP contribution in [-0.2, 0) is 16.9 Å². The minimum atomic E-state index is -0.790. The van der Waals surface area contributed by atoms with Crippen LogP contribution in [0.25, 0.3) is 11.3 Å². The second-order valence-electron chi connectivity index (χ2n) is 6.32. The first-order valence-electron chi connectivity index (χ1n) is 8.24. The quantitative estimate of drug-likeness (QED) is 0.733. The fourth-order valence-electron chi connectivity index (χ4n) is 3.62. The summed E-state index contributed by atoms with van der Waals surface area (Å²) in [5, 5.41) is 4.25. The maximum absolute atomic E-state index is 6.11. The lowest BCUT2D eigenvalue weighted by atomic mass is 9.85. The molecule has 0 bridgehead atoms. The van der Waals surface area contributed by atoms with Crippen LogP contribution in [0, 0.1) is 6.92 Å². The highest BCUT2D eigenvalue weighted by atomic mass is 16.5. The molecule has 4 rings (SSSR count). The van der Waals surface area contributed by atoms with Gasteiger partial charge >= 0.3 is 0 Å². The van der Waals surface area contributed by atoms with Crippen LogP contribution in [0.4, 0.5) is 0 Å². The summed E-state index contributed by atoms with van der Waals surface area (Å²) in [6.07, 6.45) is 8.12. The number of ether oxygens (including phenoxy) is 1. The van der Waals surface area contributed by atoms with Gasteiger partial charge in [-0.15, -0.1) is 0 Å². The number of rotatable bonds is 3. The number of aryl methyl sites for hydroxylation is 1. The van der Waals surface area contributed by atoms with E-state index in [-0.39, 0.29) is 0 Å². The van der Waals surface area contributed by atoms with Crippen LogP contribution < -0.4 is 0 Å². The summed E-state index contributed by atoms with van der Waals surface area (Å²) in [4.78, 5) is 10.9. The Bertz CT molecular complexity index is 890. The molecule has 0 N–H and O–H groups in total. The van der Waals surface area contributed by atoms with E-state index >= 15 is 0 Å². The highest BCUT2D eigenvalue weighted by Crippen LogP contribution is 2.44. The molecule has 3 aromatic rings. The van der Waals surface area contributed by atoms with Crippen molar-refractivity contribution in [3.05, 3.63) is 65.4 Å². The molecular formula is C19H20N4O2. The molecule has 1 unspecified atom stereocenters. The van der Waals surface area contributed by atoms with Crippen LogP contribution in [0.5, 0.6) is 0 Å². The Morgan fingerprint density at radius 1 is 1.20 bits per heavy atom. The van der Waals surface area contributed by atoms with Crippen LogP contribution in [0.2, 0.25) is 0 Å². The van der Waals surface area contributed by atoms with Gasteiger partial charge in [-0.2, -0.15) is 0 Å². The van der Waals surface area contributed by atoms with E-state index in [0.717, 1.165) is 41.0 Å². The van der Waals surface area contributed by atoms with Crippen molar-refractivity contribution in [3.63, 3.8) is 0 Å². The Morgan fingerprint density at radius 3 is 2.84 bits per heavy atom. The first-order valence-corrected chi connectivity index (χ1v) is 8.24. The molecule has 25 heavy (non-hydrogen) atoms. The van der Waals surface area contributed by atoms with Crippen LogP contribution in [0.15, 0.2) is 47.6 Å². The first-order chi connectivity index (χ1) is 12.2. The molecule has 3 aromatic heterocycles. The number of likely N-dealkylation sites (N-methyl/N-ethyl adjacent to an activating group) is 1. The lowest BCUT2D eigenvalue weighted by Crippen LogP contribution is -2.50. The highest BCUT2D eigenvalue weighted by molar-refractivity contribution is 5.64. The molecule has 0 saturated heterocycles. The van der Waals surface area contributed by atoms with E-state index in [1.165, 1.54) is 5.56 Å². The number of fused-ring (bicyclic) bond motifs is 1. The number of nitrogens with zero attached hydrogens (tertiary/aromatic N) is 4. The highest BCUT2D eigenvalue weighted by Gasteiger charge is 2.46. The fraction of sp³-hybridized carbons (Fsp3) is 0.316. The summed E-state index contributed by atoms with van der Waals surface area (Å²) in [6.45, 7) is 2.82. The van der Waals surface area contributed by atoms with Crippen molar-refractivity contribution in [2.75, 3.05) is 20.7 Å². The second-order valence-corrected chi connectivity index (χ2v) is 6.32. The molecule has 128 valence electrons. The van der Waals surface area contributed by atoms with Gasteiger partial charge in [0, 0.05) is 49.1 Å². The zero-order valence-electron chi connectivity index (χ0n) is 14.6. The summed E-state index contributed by atoms with van der Waals surface area (Å²) >= 11 is 0. The fourth-order valence-corrected chi connectivity index (χ4v) is 3.62. The van der Waals surface area contributed by atoms with Gasteiger partial charge in [0.2, 0.25) is 0 Å². The minimum Gasteiger partial charge on any atom is -0.364 e.